The van der Waals surface area contributed by atoms with Gasteiger partial charge in [0, 0.05) is 5.70 Å². The van der Waals surface area contributed by atoms with Crippen LogP contribution in [0.1, 0.15) is 25.3 Å². The first-order valence-corrected chi connectivity index (χ1v) is 4.34. The maximum absolute atomic E-state index is 5.78. The van der Waals surface area contributed by atoms with E-state index in [1.807, 2.05) is 24.3 Å². The molecule has 0 radical (unpaired) electrons. The van der Waals surface area contributed by atoms with E-state index in [4.69, 9.17) is 5.73 Å². The van der Waals surface area contributed by atoms with Crippen LogP contribution < -0.4 is 5.73 Å². The van der Waals surface area contributed by atoms with Crippen molar-refractivity contribution in [1.82, 2.24) is 0 Å². The van der Waals surface area contributed by atoms with Crippen molar-refractivity contribution >= 4 is 6.08 Å². The molecule has 0 aliphatic rings. The Bertz CT molecular complexity index is 249. The predicted octanol–water partition coefficient (Wildman–Crippen LogP) is 2.79. The van der Waals surface area contributed by atoms with Gasteiger partial charge >= 0.3 is 0 Å². The van der Waals surface area contributed by atoms with Crippen LogP contribution in [0, 0.1) is 0 Å². The molecule has 0 aromatic heterocycles. The smallest absolute Gasteiger partial charge is 0.00863 e. The average molecular weight is 161 g/mol. The molecular formula is C11H15N. The Morgan fingerprint density at radius 2 is 2.00 bits per heavy atom. The Balaban J connectivity index is 2.67. The summed E-state index contributed by atoms with van der Waals surface area (Å²) in [6.45, 7) is 2.13. The van der Waals surface area contributed by atoms with Crippen LogP contribution in [0.15, 0.2) is 36.0 Å². The van der Waals surface area contributed by atoms with Crippen molar-refractivity contribution in [3.8, 4) is 0 Å². The molecule has 0 atom stereocenters. The summed E-state index contributed by atoms with van der Waals surface area (Å²) in [7, 11) is 0. The molecule has 0 amide bonds. The number of hydrogen-bond acceptors (Lipinski definition) is 1. The molecule has 0 bridgehead atoms. The number of benzene rings is 1. The molecule has 0 heterocycles. The van der Waals surface area contributed by atoms with Gasteiger partial charge in [-0.05, 0) is 18.1 Å². The summed E-state index contributed by atoms with van der Waals surface area (Å²) in [5.74, 6) is 0. The number of rotatable bonds is 3. The second-order valence-corrected chi connectivity index (χ2v) is 2.88. The highest BCUT2D eigenvalue weighted by Crippen LogP contribution is 2.06. The minimum atomic E-state index is 0.962. The van der Waals surface area contributed by atoms with Gasteiger partial charge in [-0.15, -0.1) is 0 Å². The second-order valence-electron chi connectivity index (χ2n) is 2.88. The molecule has 1 rings (SSSR count). The SMILES string of the molecule is CCCC(N)=Cc1ccccc1. The van der Waals surface area contributed by atoms with E-state index in [-0.39, 0.29) is 0 Å². The van der Waals surface area contributed by atoms with Crippen LogP contribution in [0.4, 0.5) is 0 Å². The summed E-state index contributed by atoms with van der Waals surface area (Å²) in [6, 6.07) is 10.2. The summed E-state index contributed by atoms with van der Waals surface area (Å²) in [5.41, 5.74) is 7.92. The van der Waals surface area contributed by atoms with Crippen molar-refractivity contribution in [3.63, 3.8) is 0 Å². The van der Waals surface area contributed by atoms with Crippen LogP contribution >= 0.6 is 0 Å². The van der Waals surface area contributed by atoms with Crippen LogP contribution in [0.3, 0.4) is 0 Å². The molecule has 1 heteroatoms. The Morgan fingerprint density at radius 3 is 2.58 bits per heavy atom. The van der Waals surface area contributed by atoms with Gasteiger partial charge in [-0.3, -0.25) is 0 Å². The van der Waals surface area contributed by atoms with Gasteiger partial charge in [0.15, 0.2) is 0 Å². The van der Waals surface area contributed by atoms with Gasteiger partial charge in [0.1, 0.15) is 0 Å². The molecule has 0 saturated heterocycles. The van der Waals surface area contributed by atoms with E-state index >= 15 is 0 Å². The normalized spacial score (nSPS) is 11.6. The van der Waals surface area contributed by atoms with Crippen molar-refractivity contribution in [2.75, 3.05) is 0 Å². The van der Waals surface area contributed by atoms with Crippen LogP contribution in [0.5, 0.6) is 0 Å². The Morgan fingerprint density at radius 1 is 1.33 bits per heavy atom. The highest BCUT2D eigenvalue weighted by Gasteiger charge is 1.88. The van der Waals surface area contributed by atoms with Gasteiger partial charge in [0.2, 0.25) is 0 Å². The molecule has 0 aliphatic heterocycles. The van der Waals surface area contributed by atoms with Gasteiger partial charge in [0.25, 0.3) is 0 Å². The zero-order valence-electron chi connectivity index (χ0n) is 7.46. The van der Waals surface area contributed by atoms with Crippen molar-refractivity contribution < 1.29 is 0 Å². The number of hydrogen-bond donors (Lipinski definition) is 1. The average Bonchev–Trinajstić information content (AvgIpc) is 2.06. The molecule has 0 saturated carbocycles. The maximum Gasteiger partial charge on any atom is 0.00863 e. The lowest BCUT2D eigenvalue weighted by Gasteiger charge is -1.97. The van der Waals surface area contributed by atoms with E-state index in [1.165, 1.54) is 5.56 Å². The number of nitrogens with two attached hydrogens (primary N) is 1. The van der Waals surface area contributed by atoms with E-state index in [0.29, 0.717) is 0 Å². The van der Waals surface area contributed by atoms with Crippen molar-refractivity contribution in [1.29, 1.82) is 0 Å². The molecule has 0 unspecified atom stereocenters. The minimum absolute atomic E-state index is 0.962. The summed E-state index contributed by atoms with van der Waals surface area (Å²) < 4.78 is 0. The summed E-state index contributed by atoms with van der Waals surface area (Å²) in [5, 5.41) is 0. The Labute approximate surface area is 73.9 Å². The fourth-order valence-corrected chi connectivity index (χ4v) is 1.12. The standard InChI is InChI=1S/C11H15N/c1-2-6-11(12)9-10-7-4-3-5-8-10/h3-5,7-9H,2,6,12H2,1H3. The second kappa shape index (κ2) is 4.60. The van der Waals surface area contributed by atoms with E-state index in [2.05, 4.69) is 19.1 Å². The van der Waals surface area contributed by atoms with Crippen molar-refractivity contribution in [2.24, 2.45) is 5.73 Å². The quantitative estimate of drug-likeness (QED) is 0.724. The van der Waals surface area contributed by atoms with Gasteiger partial charge < -0.3 is 5.73 Å². The van der Waals surface area contributed by atoms with Crippen LogP contribution in [-0.2, 0) is 0 Å². The largest absolute Gasteiger partial charge is 0.402 e. The fourth-order valence-electron chi connectivity index (χ4n) is 1.12. The lowest BCUT2D eigenvalue weighted by Crippen LogP contribution is -1.95. The third kappa shape index (κ3) is 2.79. The van der Waals surface area contributed by atoms with Gasteiger partial charge in [-0.1, -0.05) is 43.7 Å². The van der Waals surface area contributed by atoms with Crippen molar-refractivity contribution in [2.45, 2.75) is 19.8 Å². The maximum atomic E-state index is 5.78. The fraction of sp³-hybridized carbons (Fsp3) is 0.273. The van der Waals surface area contributed by atoms with E-state index in [0.717, 1.165) is 18.5 Å². The molecule has 1 aromatic rings. The predicted molar refractivity (Wildman–Crippen MR) is 53.5 cm³/mol. The molecule has 12 heavy (non-hydrogen) atoms. The van der Waals surface area contributed by atoms with Crippen LogP contribution in [0.25, 0.3) is 6.08 Å². The lowest BCUT2D eigenvalue weighted by molar-refractivity contribution is 0.899. The monoisotopic (exact) mass is 161 g/mol. The topological polar surface area (TPSA) is 26.0 Å². The van der Waals surface area contributed by atoms with E-state index in [1.54, 1.807) is 0 Å². The molecule has 0 fully saturated rings. The van der Waals surface area contributed by atoms with E-state index in [9.17, 15) is 0 Å². The molecule has 0 spiro atoms. The van der Waals surface area contributed by atoms with Crippen LogP contribution in [0.2, 0.25) is 0 Å². The third-order valence-electron chi connectivity index (χ3n) is 1.69. The molecule has 1 aromatic carbocycles. The molecule has 1 nitrogen and oxygen atoms in total. The van der Waals surface area contributed by atoms with Gasteiger partial charge in [-0.25, -0.2) is 0 Å². The van der Waals surface area contributed by atoms with Crippen LogP contribution in [-0.4, -0.2) is 0 Å². The summed E-state index contributed by atoms with van der Waals surface area (Å²) in [6.07, 6.45) is 4.12. The Kier molecular flexibility index (Phi) is 3.39. The first kappa shape index (κ1) is 8.85. The zero-order valence-corrected chi connectivity index (χ0v) is 7.46. The highest BCUT2D eigenvalue weighted by atomic mass is 14.6. The first-order valence-electron chi connectivity index (χ1n) is 4.34. The molecule has 0 aliphatic carbocycles. The highest BCUT2D eigenvalue weighted by molar-refractivity contribution is 5.51. The third-order valence-corrected chi connectivity index (χ3v) is 1.69. The lowest BCUT2D eigenvalue weighted by atomic mass is 10.1. The molecule has 2 N–H and O–H groups in total. The number of allylic oxidation sites excluding steroid dienone is 1. The summed E-state index contributed by atoms with van der Waals surface area (Å²) >= 11 is 0. The molecular weight excluding hydrogens is 146 g/mol. The molecule has 64 valence electrons. The Hall–Kier alpha value is -1.24. The minimum Gasteiger partial charge on any atom is -0.402 e. The van der Waals surface area contributed by atoms with Gasteiger partial charge in [-0.2, -0.15) is 0 Å². The first-order chi connectivity index (χ1) is 5.83. The summed E-state index contributed by atoms with van der Waals surface area (Å²) in [4.78, 5) is 0. The van der Waals surface area contributed by atoms with Crippen molar-refractivity contribution in [3.05, 3.63) is 41.6 Å². The zero-order chi connectivity index (χ0) is 8.81. The van der Waals surface area contributed by atoms with Gasteiger partial charge in [0.05, 0.1) is 0 Å². The van der Waals surface area contributed by atoms with E-state index < -0.39 is 0 Å².